The molecule has 4 heteroatoms. The fourth-order valence-corrected chi connectivity index (χ4v) is 4.94. The van der Waals surface area contributed by atoms with Crippen molar-refractivity contribution >= 4 is 5.91 Å². The highest BCUT2D eigenvalue weighted by atomic mass is 16.2. The van der Waals surface area contributed by atoms with Crippen molar-refractivity contribution in [2.45, 2.75) is 50.1 Å². The Bertz CT molecular complexity index is 749. The van der Waals surface area contributed by atoms with Crippen molar-refractivity contribution in [2.75, 3.05) is 20.1 Å². The summed E-state index contributed by atoms with van der Waals surface area (Å²) in [5, 5.41) is 0. The molecule has 1 aromatic heterocycles. The van der Waals surface area contributed by atoms with E-state index in [0.717, 1.165) is 25.1 Å². The summed E-state index contributed by atoms with van der Waals surface area (Å²) in [5.41, 5.74) is 2.36. The quantitative estimate of drug-likeness (QED) is 0.837. The molecular weight excluding hydrogens is 334 g/mol. The lowest BCUT2D eigenvalue weighted by atomic mass is 9.87. The normalized spacial score (nSPS) is 26.3. The van der Waals surface area contributed by atoms with Crippen LogP contribution in [0.5, 0.6) is 0 Å². The third-order valence-electron chi connectivity index (χ3n) is 6.25. The average Bonchev–Trinajstić information content (AvgIpc) is 3.06. The summed E-state index contributed by atoms with van der Waals surface area (Å²) < 4.78 is 0. The monoisotopic (exact) mass is 363 g/mol. The summed E-state index contributed by atoms with van der Waals surface area (Å²) >= 11 is 0. The first-order valence-corrected chi connectivity index (χ1v) is 10.2. The van der Waals surface area contributed by atoms with Gasteiger partial charge in [-0.2, -0.15) is 0 Å². The molecule has 2 aliphatic rings. The van der Waals surface area contributed by atoms with Gasteiger partial charge in [0.05, 0.1) is 6.42 Å². The number of aromatic nitrogens is 1. The fourth-order valence-electron chi connectivity index (χ4n) is 4.94. The van der Waals surface area contributed by atoms with Gasteiger partial charge in [0.2, 0.25) is 5.91 Å². The summed E-state index contributed by atoms with van der Waals surface area (Å²) in [7, 11) is 2.24. The van der Waals surface area contributed by atoms with E-state index in [1.165, 1.54) is 24.8 Å². The van der Waals surface area contributed by atoms with Crippen molar-refractivity contribution < 1.29 is 4.79 Å². The van der Waals surface area contributed by atoms with E-state index in [0.29, 0.717) is 24.4 Å². The number of carbonyl (C=O) groups excluding carboxylic acids is 1. The molecule has 4 nitrogen and oxygen atoms in total. The van der Waals surface area contributed by atoms with Crippen LogP contribution in [0.25, 0.3) is 0 Å². The van der Waals surface area contributed by atoms with Crippen molar-refractivity contribution in [3.8, 4) is 0 Å². The van der Waals surface area contributed by atoms with Crippen LogP contribution in [0.2, 0.25) is 0 Å². The Morgan fingerprint density at radius 3 is 2.74 bits per heavy atom. The molecule has 0 saturated carbocycles. The number of nitrogens with zero attached hydrogens (tertiary/aromatic N) is 3. The molecule has 3 heterocycles. The summed E-state index contributed by atoms with van der Waals surface area (Å²) in [6.07, 6.45) is 8.85. The smallest absolute Gasteiger partial charge is 0.227 e. The highest BCUT2D eigenvalue weighted by molar-refractivity contribution is 5.79. The van der Waals surface area contributed by atoms with Crippen molar-refractivity contribution in [1.29, 1.82) is 0 Å². The third kappa shape index (κ3) is 3.91. The van der Waals surface area contributed by atoms with Crippen LogP contribution in [0, 0.1) is 0 Å². The van der Waals surface area contributed by atoms with Gasteiger partial charge in [-0.25, -0.2) is 0 Å². The number of hydrogen-bond donors (Lipinski definition) is 0. The molecule has 2 aromatic rings. The van der Waals surface area contributed by atoms with Gasteiger partial charge in [-0.3, -0.25) is 9.78 Å². The number of hydrogen-bond acceptors (Lipinski definition) is 3. The van der Waals surface area contributed by atoms with Crippen molar-refractivity contribution in [3.05, 3.63) is 66.0 Å². The van der Waals surface area contributed by atoms with Gasteiger partial charge in [-0.15, -0.1) is 0 Å². The van der Waals surface area contributed by atoms with Gasteiger partial charge >= 0.3 is 0 Å². The maximum atomic E-state index is 13.2. The van der Waals surface area contributed by atoms with E-state index < -0.39 is 0 Å². The Morgan fingerprint density at radius 1 is 1.11 bits per heavy atom. The Labute approximate surface area is 162 Å². The molecule has 3 atom stereocenters. The molecule has 0 spiro atoms. The third-order valence-corrected chi connectivity index (χ3v) is 6.25. The summed E-state index contributed by atoms with van der Waals surface area (Å²) in [4.78, 5) is 22.1. The van der Waals surface area contributed by atoms with E-state index >= 15 is 0 Å². The first-order chi connectivity index (χ1) is 13.2. The minimum Gasteiger partial charge on any atom is -0.337 e. The summed E-state index contributed by atoms with van der Waals surface area (Å²) in [6, 6.07) is 15.4. The SMILES string of the molecule is CN1CCCCC[C@@H]2[C@@H]1[C@H](c1ccccc1)CN2C(=O)Cc1cccnc1. The van der Waals surface area contributed by atoms with E-state index in [1.54, 1.807) is 6.20 Å². The molecule has 1 amide bonds. The van der Waals surface area contributed by atoms with Gasteiger partial charge < -0.3 is 9.80 Å². The predicted octanol–water partition coefficient (Wildman–Crippen LogP) is 3.49. The summed E-state index contributed by atoms with van der Waals surface area (Å²) in [5.74, 6) is 0.627. The summed E-state index contributed by atoms with van der Waals surface area (Å²) in [6.45, 7) is 1.94. The van der Waals surface area contributed by atoms with Gasteiger partial charge in [0.15, 0.2) is 0 Å². The second kappa shape index (κ2) is 8.22. The molecule has 0 aliphatic carbocycles. The number of carbonyl (C=O) groups is 1. The number of amides is 1. The van der Waals surface area contributed by atoms with Crippen LogP contribution < -0.4 is 0 Å². The Kier molecular flexibility index (Phi) is 5.53. The number of pyridine rings is 1. The predicted molar refractivity (Wildman–Crippen MR) is 108 cm³/mol. The van der Waals surface area contributed by atoms with E-state index in [2.05, 4.69) is 52.2 Å². The highest BCUT2D eigenvalue weighted by Gasteiger charge is 2.46. The highest BCUT2D eigenvalue weighted by Crippen LogP contribution is 2.38. The van der Waals surface area contributed by atoms with Gasteiger partial charge in [-0.05, 0) is 43.6 Å². The standard InChI is InChI=1S/C23H29N3O/c1-25-14-7-3-6-12-21-23(25)20(19-10-4-2-5-11-19)17-26(21)22(27)15-18-9-8-13-24-16-18/h2,4-5,8-11,13,16,20-21,23H,3,6-7,12,14-15,17H2,1H3/t20-,21+,23-/m0/s1. The number of likely N-dealkylation sites (tertiary alicyclic amines) is 2. The van der Waals surface area contributed by atoms with Gasteiger partial charge in [0.1, 0.15) is 0 Å². The molecule has 1 aromatic carbocycles. The van der Waals surface area contributed by atoms with Crippen LogP contribution in [0.3, 0.4) is 0 Å². The van der Waals surface area contributed by atoms with Crippen molar-refractivity contribution in [3.63, 3.8) is 0 Å². The maximum Gasteiger partial charge on any atom is 0.227 e. The van der Waals surface area contributed by atoms with Crippen LogP contribution in [-0.4, -0.2) is 52.9 Å². The van der Waals surface area contributed by atoms with Crippen LogP contribution in [0.15, 0.2) is 54.9 Å². The lowest BCUT2D eigenvalue weighted by molar-refractivity contribution is -0.132. The molecule has 0 N–H and O–H groups in total. The van der Waals surface area contributed by atoms with Crippen molar-refractivity contribution in [2.24, 2.45) is 0 Å². The average molecular weight is 364 g/mol. The molecule has 4 rings (SSSR count). The molecule has 142 valence electrons. The topological polar surface area (TPSA) is 36.4 Å². The Morgan fingerprint density at radius 2 is 1.96 bits per heavy atom. The van der Waals surface area contributed by atoms with Crippen molar-refractivity contribution in [1.82, 2.24) is 14.8 Å². The van der Waals surface area contributed by atoms with Crippen LogP contribution >= 0.6 is 0 Å². The minimum atomic E-state index is 0.241. The molecule has 27 heavy (non-hydrogen) atoms. The lowest BCUT2D eigenvalue weighted by Crippen LogP contribution is -2.48. The van der Waals surface area contributed by atoms with E-state index in [1.807, 2.05) is 18.3 Å². The van der Waals surface area contributed by atoms with Gasteiger partial charge in [0.25, 0.3) is 0 Å². The molecular formula is C23H29N3O. The van der Waals surface area contributed by atoms with E-state index in [-0.39, 0.29) is 5.91 Å². The zero-order valence-electron chi connectivity index (χ0n) is 16.1. The largest absolute Gasteiger partial charge is 0.337 e. The van der Waals surface area contributed by atoms with Gasteiger partial charge in [-0.1, -0.05) is 49.2 Å². The lowest BCUT2D eigenvalue weighted by Gasteiger charge is -2.37. The van der Waals surface area contributed by atoms with E-state index in [9.17, 15) is 4.79 Å². The van der Waals surface area contributed by atoms with E-state index in [4.69, 9.17) is 0 Å². The van der Waals surface area contributed by atoms with Crippen LogP contribution in [-0.2, 0) is 11.2 Å². The molecule has 0 bridgehead atoms. The molecule has 2 aliphatic heterocycles. The second-order valence-electron chi connectivity index (χ2n) is 7.99. The minimum absolute atomic E-state index is 0.241. The van der Waals surface area contributed by atoms with Crippen LogP contribution in [0.4, 0.5) is 0 Å². The fraction of sp³-hybridized carbons (Fsp3) is 0.478. The molecule has 0 unspecified atom stereocenters. The van der Waals surface area contributed by atoms with Gasteiger partial charge in [0, 0.05) is 36.9 Å². The first-order valence-electron chi connectivity index (χ1n) is 10.2. The number of rotatable bonds is 3. The number of benzene rings is 1. The maximum absolute atomic E-state index is 13.2. The Balaban J connectivity index is 1.62. The first kappa shape index (κ1) is 18.2. The second-order valence-corrected chi connectivity index (χ2v) is 7.99. The zero-order valence-corrected chi connectivity index (χ0v) is 16.1. The molecule has 0 radical (unpaired) electrons. The number of likely N-dealkylation sites (N-methyl/N-ethyl adjacent to an activating group) is 1. The Hall–Kier alpha value is -2.20. The zero-order chi connectivity index (χ0) is 18.6. The number of fused-ring (bicyclic) bond motifs is 1. The molecule has 2 saturated heterocycles. The van der Waals surface area contributed by atoms with Crippen LogP contribution in [0.1, 0.15) is 42.7 Å². The molecule has 2 fully saturated rings.